The van der Waals surface area contributed by atoms with Gasteiger partial charge in [0.05, 0.1) is 19.8 Å². The smallest absolute Gasteiger partial charge is 0.462 e. The monoisotopic (exact) mass is 929 g/mol. The van der Waals surface area contributed by atoms with Crippen molar-refractivity contribution in [1.82, 2.24) is 0 Å². The summed E-state index contributed by atoms with van der Waals surface area (Å²) < 4.78 is 39.2. The average Bonchev–Trinajstić information content (AvgIpc) is 3.28. The van der Waals surface area contributed by atoms with Gasteiger partial charge in [-0.25, -0.2) is 4.57 Å². The Kier molecular flexibility index (Phi) is 45.9. The highest BCUT2D eigenvalue weighted by Crippen LogP contribution is 2.43. The SMILES string of the molecule is CCCCC/C=C\C/C=C\CCCCCCCCCCCC(=O)OCC(COP(=O)(O)OCC(CO)OC(=O)CCCCCCCCCCC)OC(=O)CCCCCCCCCCC. The lowest BCUT2D eigenvalue weighted by molar-refractivity contribution is -0.161. The molecule has 0 aliphatic rings. The number of hydrogen-bond acceptors (Lipinski definition) is 10. The molecule has 376 valence electrons. The molecule has 0 saturated heterocycles. The highest BCUT2D eigenvalue weighted by molar-refractivity contribution is 7.47. The van der Waals surface area contributed by atoms with Crippen LogP contribution in [0.15, 0.2) is 24.3 Å². The van der Waals surface area contributed by atoms with E-state index in [1.807, 2.05) is 0 Å². The molecule has 0 aromatic carbocycles. The van der Waals surface area contributed by atoms with Crippen LogP contribution in [0.2, 0.25) is 0 Å². The van der Waals surface area contributed by atoms with Crippen LogP contribution < -0.4 is 0 Å². The van der Waals surface area contributed by atoms with Gasteiger partial charge in [0.1, 0.15) is 12.7 Å². The largest absolute Gasteiger partial charge is 0.472 e. The summed E-state index contributed by atoms with van der Waals surface area (Å²) in [6.07, 6.45) is 44.5. The summed E-state index contributed by atoms with van der Waals surface area (Å²) in [5.74, 6) is -1.46. The first-order valence-corrected chi connectivity index (χ1v) is 27.7. The van der Waals surface area contributed by atoms with Gasteiger partial charge in [-0.1, -0.05) is 206 Å². The molecule has 11 nitrogen and oxygen atoms in total. The minimum Gasteiger partial charge on any atom is -0.462 e. The molecule has 0 spiro atoms. The molecule has 0 rings (SSSR count). The summed E-state index contributed by atoms with van der Waals surface area (Å²) in [6.45, 7) is 4.58. The van der Waals surface area contributed by atoms with Crippen LogP contribution >= 0.6 is 7.82 Å². The van der Waals surface area contributed by atoms with E-state index < -0.39 is 57.8 Å². The maximum atomic E-state index is 12.8. The molecule has 0 aliphatic heterocycles. The predicted molar refractivity (Wildman–Crippen MR) is 261 cm³/mol. The van der Waals surface area contributed by atoms with E-state index in [9.17, 15) is 28.9 Å². The number of carbonyl (C=O) groups is 3. The Morgan fingerprint density at radius 1 is 0.438 bits per heavy atom. The average molecular weight is 929 g/mol. The molecule has 0 aliphatic carbocycles. The second kappa shape index (κ2) is 47.5. The van der Waals surface area contributed by atoms with Crippen LogP contribution in [-0.2, 0) is 42.2 Å². The molecule has 64 heavy (non-hydrogen) atoms. The van der Waals surface area contributed by atoms with E-state index in [2.05, 4.69) is 45.1 Å². The number of unbranched alkanes of at least 4 members (excludes halogenated alkanes) is 28. The van der Waals surface area contributed by atoms with Gasteiger partial charge in [-0.15, -0.1) is 0 Å². The molecular weight excluding hydrogens is 832 g/mol. The Morgan fingerprint density at radius 3 is 1.19 bits per heavy atom. The molecule has 3 atom stereocenters. The molecule has 0 heterocycles. The van der Waals surface area contributed by atoms with Crippen molar-refractivity contribution in [3.63, 3.8) is 0 Å². The molecule has 0 fully saturated rings. The first-order chi connectivity index (χ1) is 31.2. The molecule has 0 amide bonds. The van der Waals surface area contributed by atoms with Crippen molar-refractivity contribution in [3.05, 3.63) is 24.3 Å². The van der Waals surface area contributed by atoms with Crippen molar-refractivity contribution in [2.75, 3.05) is 26.4 Å². The lowest BCUT2D eigenvalue weighted by Crippen LogP contribution is -2.30. The Bertz CT molecular complexity index is 1180. The van der Waals surface area contributed by atoms with Gasteiger partial charge in [-0.2, -0.15) is 0 Å². The van der Waals surface area contributed by atoms with E-state index in [0.29, 0.717) is 19.3 Å². The van der Waals surface area contributed by atoms with Crippen LogP contribution in [0.1, 0.15) is 252 Å². The third kappa shape index (κ3) is 45.1. The quantitative estimate of drug-likeness (QED) is 0.0197. The number of rotatable bonds is 49. The standard InChI is InChI=1S/C52H97O11P/c1-4-7-10-13-16-19-20-21-22-23-24-25-26-27-28-31-32-35-38-41-50(54)59-45-49(63-52(56)43-40-37-34-30-18-15-12-9-6-3)47-61-64(57,58)60-46-48(44-53)62-51(55)42-39-36-33-29-17-14-11-8-5-2/h16,19,21-22,48-49,53H,4-15,17-18,20,23-47H2,1-3H3,(H,57,58)/b19-16-,22-21-. The highest BCUT2D eigenvalue weighted by atomic mass is 31.2. The summed E-state index contributed by atoms with van der Waals surface area (Å²) in [4.78, 5) is 48.1. The van der Waals surface area contributed by atoms with Gasteiger partial charge < -0.3 is 24.2 Å². The van der Waals surface area contributed by atoms with E-state index in [1.54, 1.807) is 0 Å². The van der Waals surface area contributed by atoms with E-state index in [4.69, 9.17) is 23.3 Å². The van der Waals surface area contributed by atoms with Crippen LogP contribution in [-0.4, -0.2) is 66.5 Å². The van der Waals surface area contributed by atoms with Gasteiger partial charge in [-0.05, 0) is 51.4 Å². The Hall–Kier alpha value is -2.04. The summed E-state index contributed by atoms with van der Waals surface area (Å²) >= 11 is 0. The van der Waals surface area contributed by atoms with Crippen LogP contribution in [0.3, 0.4) is 0 Å². The number of ether oxygens (including phenoxy) is 3. The van der Waals surface area contributed by atoms with Gasteiger partial charge in [0.2, 0.25) is 0 Å². The van der Waals surface area contributed by atoms with Gasteiger partial charge in [0.15, 0.2) is 6.10 Å². The number of allylic oxidation sites excluding steroid dienone is 4. The second-order valence-electron chi connectivity index (χ2n) is 17.7. The number of phosphoric ester groups is 1. The Labute approximate surface area is 391 Å². The number of aliphatic hydroxyl groups excluding tert-OH is 1. The van der Waals surface area contributed by atoms with E-state index in [0.717, 1.165) is 70.6 Å². The molecule has 2 N–H and O–H groups in total. The fourth-order valence-electron chi connectivity index (χ4n) is 7.33. The number of esters is 3. The molecule has 0 aromatic rings. The Balaban J connectivity index is 4.61. The molecule has 0 bridgehead atoms. The summed E-state index contributed by atoms with van der Waals surface area (Å²) in [7, 11) is -4.73. The zero-order chi connectivity index (χ0) is 47.0. The number of hydrogen-bond donors (Lipinski definition) is 2. The van der Waals surface area contributed by atoms with E-state index in [-0.39, 0.29) is 25.9 Å². The van der Waals surface area contributed by atoms with Gasteiger partial charge in [0, 0.05) is 19.3 Å². The van der Waals surface area contributed by atoms with Crippen molar-refractivity contribution < 1.29 is 52.2 Å². The lowest BCUT2D eigenvalue weighted by atomic mass is 10.1. The summed E-state index contributed by atoms with van der Waals surface area (Å²) in [5.41, 5.74) is 0. The normalized spacial score (nSPS) is 13.6. The van der Waals surface area contributed by atoms with Crippen LogP contribution in [0, 0.1) is 0 Å². The van der Waals surface area contributed by atoms with Gasteiger partial charge in [-0.3, -0.25) is 23.4 Å². The fraction of sp³-hybridized carbons (Fsp3) is 0.865. The van der Waals surface area contributed by atoms with Crippen LogP contribution in [0.25, 0.3) is 0 Å². The molecule has 0 saturated carbocycles. The molecule has 3 unspecified atom stereocenters. The highest BCUT2D eigenvalue weighted by Gasteiger charge is 2.28. The summed E-state index contributed by atoms with van der Waals surface area (Å²) in [6, 6.07) is 0. The third-order valence-corrected chi connectivity index (χ3v) is 12.3. The van der Waals surface area contributed by atoms with Crippen molar-refractivity contribution in [2.45, 2.75) is 264 Å². The maximum Gasteiger partial charge on any atom is 0.472 e. The van der Waals surface area contributed by atoms with Crippen molar-refractivity contribution in [2.24, 2.45) is 0 Å². The van der Waals surface area contributed by atoms with Crippen molar-refractivity contribution in [3.8, 4) is 0 Å². The third-order valence-electron chi connectivity index (χ3n) is 11.4. The second-order valence-corrected chi connectivity index (χ2v) is 19.2. The minimum atomic E-state index is -4.73. The van der Waals surface area contributed by atoms with Crippen molar-refractivity contribution in [1.29, 1.82) is 0 Å². The molecular formula is C52H97O11P. The zero-order valence-corrected chi connectivity index (χ0v) is 42.2. The Morgan fingerprint density at radius 2 is 0.766 bits per heavy atom. The van der Waals surface area contributed by atoms with E-state index >= 15 is 0 Å². The van der Waals surface area contributed by atoms with Crippen LogP contribution in [0.4, 0.5) is 0 Å². The van der Waals surface area contributed by atoms with E-state index in [1.165, 1.54) is 122 Å². The first-order valence-electron chi connectivity index (χ1n) is 26.2. The molecule has 0 aromatic heterocycles. The molecule has 0 radical (unpaired) electrons. The number of phosphoric acid groups is 1. The van der Waals surface area contributed by atoms with Crippen molar-refractivity contribution >= 4 is 25.7 Å². The van der Waals surface area contributed by atoms with Gasteiger partial charge >= 0.3 is 25.7 Å². The maximum absolute atomic E-state index is 12.8. The number of aliphatic hydroxyl groups is 1. The van der Waals surface area contributed by atoms with Crippen LogP contribution in [0.5, 0.6) is 0 Å². The summed E-state index contributed by atoms with van der Waals surface area (Å²) in [5, 5.41) is 9.73. The first kappa shape index (κ1) is 62.0. The lowest BCUT2D eigenvalue weighted by Gasteiger charge is -2.21. The predicted octanol–water partition coefficient (Wildman–Crippen LogP) is 14.7. The zero-order valence-electron chi connectivity index (χ0n) is 41.3. The van der Waals surface area contributed by atoms with Gasteiger partial charge in [0.25, 0.3) is 0 Å². The topological polar surface area (TPSA) is 155 Å². The fourth-order valence-corrected chi connectivity index (χ4v) is 8.11. The minimum absolute atomic E-state index is 0.171. The number of carbonyl (C=O) groups excluding carboxylic acids is 3. The molecule has 12 heteroatoms.